The molecule has 1 unspecified atom stereocenters. The summed E-state index contributed by atoms with van der Waals surface area (Å²) < 4.78 is 4.96. The fourth-order valence-electron chi connectivity index (χ4n) is 0.817. The van der Waals surface area contributed by atoms with Gasteiger partial charge in [0.05, 0.1) is 13.0 Å². The number of carbonyl (C=O) groups excluding carboxylic acids is 1. The Hall–Kier alpha value is -0.570. The molecule has 0 saturated heterocycles. The van der Waals surface area contributed by atoms with E-state index in [4.69, 9.17) is 10.5 Å². The first-order valence-electron chi connectivity index (χ1n) is 4.09. The molecule has 11 heavy (non-hydrogen) atoms. The van der Waals surface area contributed by atoms with Crippen LogP contribution in [-0.2, 0) is 9.53 Å². The van der Waals surface area contributed by atoms with Crippen molar-refractivity contribution in [1.82, 2.24) is 0 Å². The van der Waals surface area contributed by atoms with E-state index in [-0.39, 0.29) is 12.0 Å². The molecule has 64 valence electrons. The van der Waals surface area contributed by atoms with Crippen LogP contribution >= 0.6 is 0 Å². The van der Waals surface area contributed by atoms with E-state index >= 15 is 0 Å². The van der Waals surface area contributed by atoms with E-state index in [0.717, 1.165) is 0 Å². The molecular weight excluding hydrogens is 142 g/mol. The predicted molar refractivity (Wildman–Crippen MR) is 41.9 cm³/mol. The average Bonchev–Trinajstić information content (AvgIpc) is 2.63. The first-order valence-corrected chi connectivity index (χ1v) is 4.09. The molecule has 2 N–H and O–H groups in total. The van der Waals surface area contributed by atoms with Crippen LogP contribution in [0.15, 0.2) is 0 Å². The molecule has 0 aromatic rings. The zero-order valence-corrected chi connectivity index (χ0v) is 6.88. The van der Waals surface area contributed by atoms with Crippen LogP contribution in [0.25, 0.3) is 0 Å². The summed E-state index contributed by atoms with van der Waals surface area (Å²) in [5.74, 6) is 0.485. The van der Waals surface area contributed by atoms with E-state index in [1.165, 1.54) is 12.8 Å². The Labute approximate surface area is 66.9 Å². The smallest absolute Gasteiger partial charge is 0.307 e. The van der Waals surface area contributed by atoms with Crippen molar-refractivity contribution in [2.75, 3.05) is 6.61 Å². The normalized spacial score (nSPS) is 19.5. The molecule has 1 fully saturated rings. The van der Waals surface area contributed by atoms with Gasteiger partial charge in [-0.2, -0.15) is 0 Å². The zero-order valence-electron chi connectivity index (χ0n) is 6.88. The summed E-state index contributed by atoms with van der Waals surface area (Å²) in [6.07, 6.45) is 2.77. The predicted octanol–water partition coefficient (Wildman–Crippen LogP) is 0.677. The molecule has 0 amide bonds. The van der Waals surface area contributed by atoms with Crippen LogP contribution in [0.2, 0.25) is 0 Å². The molecule has 1 atom stereocenters. The Bertz CT molecular complexity index is 141. The highest BCUT2D eigenvalue weighted by molar-refractivity contribution is 5.70. The van der Waals surface area contributed by atoms with Crippen LogP contribution in [0.3, 0.4) is 0 Å². The molecule has 0 radical (unpaired) electrons. The van der Waals surface area contributed by atoms with Gasteiger partial charge in [-0.05, 0) is 25.7 Å². The first kappa shape index (κ1) is 8.53. The summed E-state index contributed by atoms with van der Waals surface area (Å²) >= 11 is 0. The first-order chi connectivity index (χ1) is 5.18. The van der Waals surface area contributed by atoms with Crippen molar-refractivity contribution in [3.63, 3.8) is 0 Å². The molecule has 0 aromatic carbocycles. The average molecular weight is 157 g/mol. The third-order valence-electron chi connectivity index (χ3n) is 1.67. The van der Waals surface area contributed by atoms with Crippen LogP contribution in [-0.4, -0.2) is 18.6 Å². The standard InChI is InChI=1S/C8H15NO2/c1-6(9)4-8(10)11-5-7-2-3-7/h6-7H,2-5,9H2,1H3. The lowest BCUT2D eigenvalue weighted by molar-refractivity contribution is -0.144. The van der Waals surface area contributed by atoms with E-state index in [1.54, 1.807) is 6.92 Å². The Balaban J connectivity index is 2.00. The number of nitrogens with two attached hydrogens (primary N) is 1. The molecule has 0 spiro atoms. The van der Waals surface area contributed by atoms with Crippen molar-refractivity contribution in [3.05, 3.63) is 0 Å². The van der Waals surface area contributed by atoms with Gasteiger partial charge < -0.3 is 10.5 Å². The third kappa shape index (κ3) is 3.98. The Kier molecular flexibility index (Phi) is 2.88. The highest BCUT2D eigenvalue weighted by Gasteiger charge is 2.22. The van der Waals surface area contributed by atoms with Gasteiger partial charge in [0.25, 0.3) is 0 Å². The second-order valence-corrected chi connectivity index (χ2v) is 3.31. The molecule has 1 aliphatic carbocycles. The number of ether oxygens (including phenoxy) is 1. The van der Waals surface area contributed by atoms with Gasteiger partial charge in [-0.25, -0.2) is 0 Å². The van der Waals surface area contributed by atoms with Crippen LogP contribution in [0.4, 0.5) is 0 Å². The lowest BCUT2D eigenvalue weighted by Crippen LogP contribution is -2.21. The van der Waals surface area contributed by atoms with Crippen LogP contribution < -0.4 is 5.73 Å². The fraction of sp³-hybridized carbons (Fsp3) is 0.875. The van der Waals surface area contributed by atoms with Gasteiger partial charge in [-0.1, -0.05) is 0 Å². The highest BCUT2D eigenvalue weighted by atomic mass is 16.5. The maximum Gasteiger partial charge on any atom is 0.307 e. The Morgan fingerprint density at radius 3 is 2.82 bits per heavy atom. The number of hydrogen-bond donors (Lipinski definition) is 1. The van der Waals surface area contributed by atoms with Gasteiger partial charge in [-0.15, -0.1) is 0 Å². The fourth-order valence-corrected chi connectivity index (χ4v) is 0.817. The number of esters is 1. The topological polar surface area (TPSA) is 52.3 Å². The molecule has 0 heterocycles. The maximum absolute atomic E-state index is 10.9. The molecule has 1 saturated carbocycles. The van der Waals surface area contributed by atoms with Crippen molar-refractivity contribution in [3.8, 4) is 0 Å². The van der Waals surface area contributed by atoms with Crippen molar-refractivity contribution in [2.24, 2.45) is 11.7 Å². The molecule has 0 bridgehead atoms. The van der Waals surface area contributed by atoms with Gasteiger partial charge >= 0.3 is 5.97 Å². The summed E-state index contributed by atoms with van der Waals surface area (Å²) in [6, 6.07) is -0.0818. The minimum Gasteiger partial charge on any atom is -0.465 e. The lowest BCUT2D eigenvalue weighted by atomic mass is 10.2. The lowest BCUT2D eigenvalue weighted by Gasteiger charge is -2.04. The van der Waals surface area contributed by atoms with E-state index in [9.17, 15) is 4.79 Å². The summed E-state index contributed by atoms with van der Waals surface area (Å²) in [4.78, 5) is 10.9. The van der Waals surface area contributed by atoms with Crippen molar-refractivity contribution >= 4 is 5.97 Å². The van der Waals surface area contributed by atoms with Crippen LogP contribution in [0.1, 0.15) is 26.2 Å². The zero-order chi connectivity index (χ0) is 8.27. The summed E-state index contributed by atoms with van der Waals surface area (Å²) in [5.41, 5.74) is 5.41. The van der Waals surface area contributed by atoms with Crippen LogP contribution in [0, 0.1) is 5.92 Å². The maximum atomic E-state index is 10.9. The minimum absolute atomic E-state index is 0.0818. The van der Waals surface area contributed by atoms with Gasteiger partial charge in [-0.3, -0.25) is 4.79 Å². The second kappa shape index (κ2) is 3.72. The molecule has 1 aliphatic rings. The number of hydrogen-bond acceptors (Lipinski definition) is 3. The monoisotopic (exact) mass is 157 g/mol. The van der Waals surface area contributed by atoms with Gasteiger partial charge in [0, 0.05) is 6.04 Å². The molecule has 3 heteroatoms. The largest absolute Gasteiger partial charge is 0.465 e. The second-order valence-electron chi connectivity index (χ2n) is 3.31. The van der Waals surface area contributed by atoms with Gasteiger partial charge in [0.15, 0.2) is 0 Å². The summed E-state index contributed by atoms with van der Waals surface area (Å²) in [5, 5.41) is 0. The quantitative estimate of drug-likeness (QED) is 0.610. The van der Waals surface area contributed by atoms with E-state index in [0.29, 0.717) is 18.9 Å². The van der Waals surface area contributed by atoms with E-state index in [1.807, 2.05) is 0 Å². The number of carbonyl (C=O) groups is 1. The Morgan fingerprint density at radius 2 is 2.36 bits per heavy atom. The van der Waals surface area contributed by atoms with Gasteiger partial charge in [0.2, 0.25) is 0 Å². The number of rotatable bonds is 4. The van der Waals surface area contributed by atoms with Crippen molar-refractivity contribution in [1.29, 1.82) is 0 Å². The Morgan fingerprint density at radius 1 is 1.73 bits per heavy atom. The van der Waals surface area contributed by atoms with E-state index in [2.05, 4.69) is 0 Å². The van der Waals surface area contributed by atoms with Crippen molar-refractivity contribution in [2.45, 2.75) is 32.2 Å². The molecule has 0 aliphatic heterocycles. The molecule has 3 nitrogen and oxygen atoms in total. The molecule has 0 aromatic heterocycles. The molecular formula is C8H15NO2. The van der Waals surface area contributed by atoms with Crippen LogP contribution in [0.5, 0.6) is 0 Å². The van der Waals surface area contributed by atoms with Gasteiger partial charge in [0.1, 0.15) is 0 Å². The highest BCUT2D eigenvalue weighted by Crippen LogP contribution is 2.28. The van der Waals surface area contributed by atoms with Crippen molar-refractivity contribution < 1.29 is 9.53 Å². The minimum atomic E-state index is -0.160. The SMILES string of the molecule is CC(N)CC(=O)OCC1CC1. The third-order valence-corrected chi connectivity index (χ3v) is 1.67. The van der Waals surface area contributed by atoms with E-state index < -0.39 is 0 Å². The summed E-state index contributed by atoms with van der Waals surface area (Å²) in [6.45, 7) is 2.41. The molecule has 1 rings (SSSR count). The summed E-state index contributed by atoms with van der Waals surface area (Å²) in [7, 11) is 0.